The predicted molar refractivity (Wildman–Crippen MR) is 63.9 cm³/mol. The molecule has 0 aliphatic carbocycles. The van der Waals surface area contributed by atoms with Crippen LogP contribution in [0.15, 0.2) is 18.2 Å². The third-order valence-corrected chi connectivity index (χ3v) is 2.45. The van der Waals surface area contributed by atoms with Crippen LogP contribution in [0.3, 0.4) is 0 Å². The molecule has 0 fully saturated rings. The summed E-state index contributed by atoms with van der Waals surface area (Å²) in [5, 5.41) is 0. The van der Waals surface area contributed by atoms with Gasteiger partial charge in [-0.3, -0.25) is 0 Å². The quantitative estimate of drug-likeness (QED) is 0.836. The lowest BCUT2D eigenvalue weighted by Gasteiger charge is -2.18. The average Bonchev–Trinajstić information content (AvgIpc) is 2.23. The van der Waals surface area contributed by atoms with Crippen LogP contribution < -0.4 is 11.5 Å². The lowest BCUT2D eigenvalue weighted by Crippen LogP contribution is -2.20. The van der Waals surface area contributed by atoms with Crippen molar-refractivity contribution in [3.63, 3.8) is 0 Å². The van der Waals surface area contributed by atoms with Gasteiger partial charge in [0.1, 0.15) is 5.82 Å². The molecule has 0 unspecified atom stereocenters. The molecule has 2 nitrogen and oxygen atoms in total. The Balaban J connectivity index is 0.00000289. The Morgan fingerprint density at radius 3 is 2.33 bits per heavy atom. The third kappa shape index (κ3) is 4.12. The molecule has 18 heavy (non-hydrogen) atoms. The summed E-state index contributed by atoms with van der Waals surface area (Å²) in [7, 11) is 0. The molecular formula is C11H15ClF4N2. The second-order valence-corrected chi connectivity index (χ2v) is 3.74. The number of nitrogens with two attached hydrogens (primary N) is 2. The van der Waals surface area contributed by atoms with Gasteiger partial charge in [-0.15, -0.1) is 12.4 Å². The molecule has 4 N–H and O–H groups in total. The maximum absolute atomic E-state index is 13.2. The van der Waals surface area contributed by atoms with E-state index >= 15 is 0 Å². The van der Waals surface area contributed by atoms with E-state index in [1.807, 2.05) is 0 Å². The SMILES string of the molecule is Cl.NCCC[C@H](N)c1cccc(F)c1C(F)(F)F. The van der Waals surface area contributed by atoms with Crippen LogP contribution in [-0.4, -0.2) is 6.54 Å². The molecule has 0 spiro atoms. The van der Waals surface area contributed by atoms with Gasteiger partial charge >= 0.3 is 6.18 Å². The zero-order valence-corrected chi connectivity index (χ0v) is 10.3. The van der Waals surface area contributed by atoms with Gasteiger partial charge in [0.25, 0.3) is 0 Å². The molecule has 0 amide bonds. The molecular weight excluding hydrogens is 272 g/mol. The molecule has 0 heterocycles. The number of hydrogen-bond donors (Lipinski definition) is 2. The normalized spacial score (nSPS) is 13.0. The lowest BCUT2D eigenvalue weighted by atomic mass is 9.96. The van der Waals surface area contributed by atoms with Crippen LogP contribution in [0.5, 0.6) is 0 Å². The molecule has 1 rings (SSSR count). The first kappa shape index (κ1) is 17.2. The fourth-order valence-corrected chi connectivity index (χ4v) is 1.64. The molecule has 0 saturated heterocycles. The van der Waals surface area contributed by atoms with Crippen LogP contribution in [0.2, 0.25) is 0 Å². The van der Waals surface area contributed by atoms with Crippen molar-refractivity contribution in [2.45, 2.75) is 25.1 Å². The number of benzene rings is 1. The molecule has 1 atom stereocenters. The third-order valence-electron chi connectivity index (χ3n) is 2.45. The minimum absolute atomic E-state index is 0. The van der Waals surface area contributed by atoms with Crippen LogP contribution in [0, 0.1) is 5.82 Å². The van der Waals surface area contributed by atoms with Crippen molar-refractivity contribution in [3.05, 3.63) is 35.1 Å². The van der Waals surface area contributed by atoms with Crippen LogP contribution in [0.4, 0.5) is 17.6 Å². The fourth-order valence-electron chi connectivity index (χ4n) is 1.64. The molecule has 0 aromatic heterocycles. The summed E-state index contributed by atoms with van der Waals surface area (Å²) in [6, 6.07) is 2.35. The summed E-state index contributed by atoms with van der Waals surface area (Å²) in [6.45, 7) is 0.338. The predicted octanol–water partition coefficient (Wildman–Crippen LogP) is 3.01. The highest BCUT2D eigenvalue weighted by Gasteiger charge is 2.37. The van der Waals surface area contributed by atoms with E-state index in [0.717, 1.165) is 6.07 Å². The first-order chi connectivity index (χ1) is 7.88. The smallest absolute Gasteiger partial charge is 0.330 e. The molecule has 0 radical (unpaired) electrons. The van der Waals surface area contributed by atoms with Gasteiger partial charge in [-0.05, 0) is 31.0 Å². The maximum Gasteiger partial charge on any atom is 0.419 e. The largest absolute Gasteiger partial charge is 0.419 e. The first-order valence-electron chi connectivity index (χ1n) is 5.19. The Morgan fingerprint density at radius 1 is 1.22 bits per heavy atom. The average molecular weight is 287 g/mol. The van der Waals surface area contributed by atoms with Crippen molar-refractivity contribution in [2.24, 2.45) is 11.5 Å². The monoisotopic (exact) mass is 286 g/mol. The van der Waals surface area contributed by atoms with Gasteiger partial charge in [0.05, 0.1) is 5.56 Å². The van der Waals surface area contributed by atoms with Gasteiger partial charge in [-0.25, -0.2) is 4.39 Å². The highest BCUT2D eigenvalue weighted by molar-refractivity contribution is 5.85. The molecule has 0 aliphatic rings. The number of halogens is 5. The lowest BCUT2D eigenvalue weighted by molar-refractivity contribution is -0.140. The van der Waals surface area contributed by atoms with Crippen LogP contribution in [-0.2, 0) is 6.18 Å². The van der Waals surface area contributed by atoms with Crippen molar-refractivity contribution in [2.75, 3.05) is 6.54 Å². The van der Waals surface area contributed by atoms with E-state index < -0.39 is 23.6 Å². The van der Waals surface area contributed by atoms with Crippen molar-refractivity contribution in [1.82, 2.24) is 0 Å². The molecule has 7 heteroatoms. The second kappa shape index (κ2) is 6.92. The topological polar surface area (TPSA) is 52.0 Å². The standard InChI is InChI=1S/C11H14F4N2.ClH/c12-8-4-1-3-7(9(17)5-2-6-16)10(8)11(13,14)15;/h1,3-4,9H,2,5-6,16-17H2;1H/t9-;/m0./s1. The van der Waals surface area contributed by atoms with E-state index in [1.54, 1.807) is 0 Å². The number of alkyl halides is 3. The van der Waals surface area contributed by atoms with Gasteiger partial charge in [-0.1, -0.05) is 12.1 Å². The minimum atomic E-state index is -4.74. The van der Waals surface area contributed by atoms with Crippen LogP contribution in [0.25, 0.3) is 0 Å². The Morgan fingerprint density at radius 2 is 1.83 bits per heavy atom. The zero-order valence-electron chi connectivity index (χ0n) is 9.51. The Bertz CT molecular complexity index is 382. The van der Waals surface area contributed by atoms with E-state index in [1.165, 1.54) is 12.1 Å². The summed E-state index contributed by atoms with van der Waals surface area (Å²) in [6.07, 6.45) is -3.95. The van der Waals surface area contributed by atoms with Crippen molar-refractivity contribution < 1.29 is 17.6 Å². The van der Waals surface area contributed by atoms with Crippen molar-refractivity contribution in [3.8, 4) is 0 Å². The van der Waals surface area contributed by atoms with Crippen LogP contribution in [0.1, 0.15) is 30.0 Å². The van der Waals surface area contributed by atoms with Gasteiger partial charge < -0.3 is 11.5 Å². The highest BCUT2D eigenvalue weighted by Crippen LogP contribution is 2.36. The van der Waals surface area contributed by atoms with Gasteiger partial charge in [-0.2, -0.15) is 13.2 Å². The Labute approximate surface area is 109 Å². The molecule has 0 bridgehead atoms. The molecule has 1 aromatic carbocycles. The molecule has 0 aliphatic heterocycles. The highest BCUT2D eigenvalue weighted by atomic mass is 35.5. The van der Waals surface area contributed by atoms with Crippen molar-refractivity contribution >= 4 is 12.4 Å². The van der Waals surface area contributed by atoms with Crippen molar-refractivity contribution in [1.29, 1.82) is 0 Å². The number of rotatable bonds is 4. The van der Waals surface area contributed by atoms with E-state index in [9.17, 15) is 17.6 Å². The molecule has 0 saturated carbocycles. The maximum atomic E-state index is 13.2. The molecule has 104 valence electrons. The van der Waals surface area contributed by atoms with Crippen LogP contribution >= 0.6 is 12.4 Å². The number of hydrogen-bond acceptors (Lipinski definition) is 2. The van der Waals surface area contributed by atoms with Gasteiger partial charge in [0.2, 0.25) is 0 Å². The van der Waals surface area contributed by atoms with E-state index in [-0.39, 0.29) is 18.0 Å². The zero-order chi connectivity index (χ0) is 13.1. The minimum Gasteiger partial charge on any atom is -0.330 e. The fraction of sp³-hybridized carbons (Fsp3) is 0.455. The summed E-state index contributed by atoms with van der Waals surface area (Å²) < 4.78 is 51.2. The summed E-state index contributed by atoms with van der Waals surface area (Å²) in [5.74, 6) is -1.29. The molecule has 1 aromatic rings. The van der Waals surface area contributed by atoms with E-state index in [2.05, 4.69) is 0 Å². The summed E-state index contributed by atoms with van der Waals surface area (Å²) in [4.78, 5) is 0. The second-order valence-electron chi connectivity index (χ2n) is 3.74. The van der Waals surface area contributed by atoms with Gasteiger partial charge in [0.15, 0.2) is 0 Å². The van der Waals surface area contributed by atoms with E-state index in [4.69, 9.17) is 11.5 Å². The summed E-state index contributed by atoms with van der Waals surface area (Å²) in [5.41, 5.74) is 9.39. The first-order valence-corrected chi connectivity index (χ1v) is 5.19. The Hall–Kier alpha value is -0.850. The van der Waals surface area contributed by atoms with Gasteiger partial charge in [0, 0.05) is 6.04 Å². The van der Waals surface area contributed by atoms with E-state index in [0.29, 0.717) is 19.4 Å². The summed E-state index contributed by atoms with van der Waals surface area (Å²) >= 11 is 0. The Kier molecular flexibility index (Phi) is 6.59.